The van der Waals surface area contributed by atoms with Gasteiger partial charge in [-0.25, -0.2) is 15.0 Å². The molecule has 6 nitrogen and oxygen atoms in total. The maximum atomic E-state index is 12.6. The normalized spacial score (nSPS) is 24.7. The molecule has 2 atom stereocenters. The van der Waals surface area contributed by atoms with Gasteiger partial charge in [0, 0.05) is 34.8 Å². The number of rotatable bonds is 3. The van der Waals surface area contributed by atoms with Crippen LogP contribution in [0.25, 0.3) is 10.4 Å². The van der Waals surface area contributed by atoms with Crippen LogP contribution in [0.5, 0.6) is 0 Å². The number of nitrogens with two attached hydrogens (primary N) is 1. The molecule has 1 amide bonds. The summed E-state index contributed by atoms with van der Waals surface area (Å²) < 4.78 is 0. The Bertz CT molecular complexity index is 768. The molecule has 0 aromatic carbocycles. The molecule has 2 aliphatic rings. The highest BCUT2D eigenvalue weighted by Crippen LogP contribution is 2.48. The van der Waals surface area contributed by atoms with Gasteiger partial charge in [0.15, 0.2) is 5.96 Å². The molecule has 118 valence electrons. The van der Waals surface area contributed by atoms with Crippen molar-refractivity contribution in [2.75, 3.05) is 7.05 Å². The van der Waals surface area contributed by atoms with Gasteiger partial charge in [-0.2, -0.15) is 0 Å². The Balaban J connectivity index is 1.71. The fourth-order valence-electron chi connectivity index (χ4n) is 3.03. The van der Waals surface area contributed by atoms with Crippen LogP contribution in [0.1, 0.15) is 23.8 Å². The van der Waals surface area contributed by atoms with Crippen molar-refractivity contribution in [2.24, 2.45) is 22.6 Å². The number of thiophene rings is 1. The highest BCUT2D eigenvalue weighted by Gasteiger charge is 2.46. The molecular weight excluding hydrogens is 310 g/mol. The van der Waals surface area contributed by atoms with E-state index >= 15 is 0 Å². The summed E-state index contributed by atoms with van der Waals surface area (Å²) >= 11 is 1.63. The lowest BCUT2D eigenvalue weighted by molar-refractivity contribution is -0.133. The second-order valence-corrected chi connectivity index (χ2v) is 7.14. The second-order valence-electron chi connectivity index (χ2n) is 6.02. The molecule has 0 bridgehead atoms. The quantitative estimate of drug-likeness (QED) is 0.935. The van der Waals surface area contributed by atoms with E-state index < -0.39 is 0 Å². The third kappa shape index (κ3) is 2.50. The zero-order valence-corrected chi connectivity index (χ0v) is 13.5. The summed E-state index contributed by atoms with van der Waals surface area (Å²) in [4.78, 5) is 29.0. The van der Waals surface area contributed by atoms with E-state index in [1.165, 1.54) is 11.2 Å². The average molecular weight is 327 g/mol. The summed E-state index contributed by atoms with van der Waals surface area (Å²) in [5.74, 6) is 0.723. The van der Waals surface area contributed by atoms with E-state index in [9.17, 15) is 4.79 Å². The number of guanidine groups is 1. The highest BCUT2D eigenvalue weighted by molar-refractivity contribution is 7.15. The molecule has 1 fully saturated rings. The highest BCUT2D eigenvalue weighted by atomic mass is 32.1. The fourth-order valence-corrected chi connectivity index (χ4v) is 4.10. The van der Waals surface area contributed by atoms with Crippen molar-refractivity contribution in [3.05, 3.63) is 35.7 Å². The minimum atomic E-state index is -0.172. The van der Waals surface area contributed by atoms with Crippen LogP contribution in [0.4, 0.5) is 0 Å². The Hall–Kier alpha value is -2.28. The van der Waals surface area contributed by atoms with Crippen molar-refractivity contribution in [1.29, 1.82) is 0 Å². The topological polar surface area (TPSA) is 84.5 Å². The van der Waals surface area contributed by atoms with E-state index in [-0.39, 0.29) is 17.9 Å². The van der Waals surface area contributed by atoms with Gasteiger partial charge in [0.25, 0.3) is 0 Å². The Morgan fingerprint density at radius 2 is 2.00 bits per heavy atom. The molecular formula is C16H17N5OS. The molecule has 2 aromatic rings. The zero-order valence-electron chi connectivity index (χ0n) is 12.7. The fraction of sp³-hybridized carbons (Fsp3) is 0.375. The average Bonchev–Trinajstić information content (AvgIpc) is 3.28. The summed E-state index contributed by atoms with van der Waals surface area (Å²) in [6, 6.07) is 3.91. The van der Waals surface area contributed by atoms with Gasteiger partial charge in [0.05, 0.1) is 12.0 Å². The number of carbonyl (C=O) groups is 1. The first-order chi connectivity index (χ1) is 11.1. The van der Waals surface area contributed by atoms with Crippen LogP contribution in [0.3, 0.4) is 0 Å². The van der Waals surface area contributed by atoms with Crippen molar-refractivity contribution in [3.63, 3.8) is 0 Å². The Labute approximate surface area is 138 Å². The monoisotopic (exact) mass is 327 g/mol. The van der Waals surface area contributed by atoms with Gasteiger partial charge < -0.3 is 5.73 Å². The van der Waals surface area contributed by atoms with Crippen LogP contribution in [0.2, 0.25) is 0 Å². The van der Waals surface area contributed by atoms with Gasteiger partial charge in [-0.15, -0.1) is 11.3 Å². The number of aliphatic imine (C=N–C) groups is 1. The van der Waals surface area contributed by atoms with Crippen molar-refractivity contribution in [3.8, 4) is 10.4 Å². The maximum Gasteiger partial charge on any atom is 0.234 e. The van der Waals surface area contributed by atoms with Gasteiger partial charge in [0.2, 0.25) is 5.91 Å². The molecule has 0 saturated heterocycles. The first-order valence-corrected chi connectivity index (χ1v) is 8.43. The molecule has 0 radical (unpaired) electrons. The minimum absolute atomic E-state index is 0.0861. The van der Waals surface area contributed by atoms with Crippen molar-refractivity contribution < 1.29 is 4.79 Å². The number of hydrogen-bond acceptors (Lipinski definition) is 6. The predicted molar refractivity (Wildman–Crippen MR) is 88.7 cm³/mol. The molecule has 23 heavy (non-hydrogen) atoms. The van der Waals surface area contributed by atoms with Crippen LogP contribution in [-0.4, -0.2) is 33.8 Å². The maximum absolute atomic E-state index is 12.6. The molecule has 1 aliphatic carbocycles. The van der Waals surface area contributed by atoms with E-state index in [0.717, 1.165) is 28.2 Å². The smallest absolute Gasteiger partial charge is 0.234 e. The van der Waals surface area contributed by atoms with Crippen LogP contribution in [-0.2, 0) is 4.79 Å². The molecule has 3 heterocycles. The number of carbonyl (C=O) groups excluding carboxylic acids is 1. The van der Waals surface area contributed by atoms with Gasteiger partial charge in [-0.05, 0) is 30.9 Å². The number of hydrogen-bond donors (Lipinski definition) is 1. The van der Waals surface area contributed by atoms with Gasteiger partial charge in [-0.1, -0.05) is 0 Å². The molecule has 2 aromatic heterocycles. The van der Waals surface area contributed by atoms with Gasteiger partial charge in [0.1, 0.15) is 6.33 Å². The van der Waals surface area contributed by atoms with Crippen LogP contribution in [0.15, 0.2) is 35.8 Å². The molecule has 4 rings (SSSR count). The lowest BCUT2D eigenvalue weighted by Gasteiger charge is -2.32. The second kappa shape index (κ2) is 5.42. The minimum Gasteiger partial charge on any atom is -0.369 e. The first-order valence-electron chi connectivity index (χ1n) is 7.61. The van der Waals surface area contributed by atoms with Crippen molar-refractivity contribution >= 4 is 23.2 Å². The third-order valence-corrected chi connectivity index (χ3v) is 5.67. The van der Waals surface area contributed by atoms with E-state index in [1.807, 2.05) is 12.1 Å². The summed E-state index contributed by atoms with van der Waals surface area (Å²) in [5.41, 5.74) is 6.91. The number of nitrogens with zero attached hydrogens (tertiary/aromatic N) is 4. The van der Waals surface area contributed by atoms with Crippen LogP contribution in [0, 0.1) is 11.8 Å². The van der Waals surface area contributed by atoms with Gasteiger partial charge >= 0.3 is 0 Å². The van der Waals surface area contributed by atoms with Crippen molar-refractivity contribution in [1.82, 2.24) is 14.9 Å². The molecule has 1 aliphatic heterocycles. The number of aromatic nitrogens is 2. The zero-order chi connectivity index (χ0) is 16.0. The van der Waals surface area contributed by atoms with E-state index in [1.54, 1.807) is 30.8 Å². The van der Waals surface area contributed by atoms with Crippen LogP contribution >= 0.6 is 11.3 Å². The summed E-state index contributed by atoms with van der Waals surface area (Å²) in [6.07, 6.45) is 7.29. The Morgan fingerprint density at radius 3 is 2.70 bits per heavy atom. The van der Waals surface area contributed by atoms with E-state index in [4.69, 9.17) is 5.73 Å². The molecule has 1 unspecified atom stereocenters. The Kier molecular flexibility index (Phi) is 3.37. The molecule has 1 saturated carbocycles. The van der Waals surface area contributed by atoms with Gasteiger partial charge in [-0.3, -0.25) is 9.69 Å². The largest absolute Gasteiger partial charge is 0.369 e. The predicted octanol–water partition coefficient (Wildman–Crippen LogP) is 2.06. The first kappa shape index (κ1) is 14.3. The lowest BCUT2D eigenvalue weighted by Crippen LogP contribution is -2.48. The summed E-state index contributed by atoms with van der Waals surface area (Å²) in [7, 11) is 1.70. The standard InChI is InChI=1S/C16H17N5OS/c1-21-15(22)13(9-2-3-9)14(20-16(21)17)12-5-4-11(23-12)10-6-18-8-19-7-10/h4-9,13-14H,2-3H2,1H3,(H2,17,20)/t13-,14?/m0/s1. The van der Waals surface area contributed by atoms with E-state index in [2.05, 4.69) is 15.0 Å². The summed E-state index contributed by atoms with van der Waals surface area (Å²) in [6.45, 7) is 0. The Morgan fingerprint density at radius 1 is 1.26 bits per heavy atom. The van der Waals surface area contributed by atoms with E-state index in [0.29, 0.717) is 11.9 Å². The summed E-state index contributed by atoms with van der Waals surface area (Å²) in [5, 5.41) is 0. The molecule has 2 N–H and O–H groups in total. The molecule has 7 heteroatoms. The lowest BCUT2D eigenvalue weighted by atomic mass is 9.91. The number of amides is 1. The van der Waals surface area contributed by atoms with Crippen LogP contribution < -0.4 is 5.73 Å². The molecule has 0 spiro atoms. The van der Waals surface area contributed by atoms with Crippen molar-refractivity contribution in [2.45, 2.75) is 18.9 Å². The third-order valence-electron chi connectivity index (χ3n) is 4.46. The SMILES string of the molecule is CN1C(=O)[C@@H](C2CC2)C(c2ccc(-c3cncnc3)s2)N=C1N.